The number of benzene rings is 2. The number of nitrogens with one attached hydrogen (secondary N) is 2. The maximum Gasteiger partial charge on any atom is 0.416 e. The summed E-state index contributed by atoms with van der Waals surface area (Å²) in [6.45, 7) is 2.06. The first-order chi connectivity index (χ1) is 14.3. The highest BCUT2D eigenvalue weighted by atomic mass is 19.4. The van der Waals surface area contributed by atoms with Crippen LogP contribution in [0.5, 0.6) is 0 Å². The lowest BCUT2D eigenvalue weighted by Crippen LogP contribution is -2.36. The van der Waals surface area contributed by atoms with Gasteiger partial charge in [-0.2, -0.15) is 13.2 Å². The Morgan fingerprint density at radius 2 is 1.77 bits per heavy atom. The fraction of sp³-hybridized carbons (Fsp3) is 0.136. The van der Waals surface area contributed by atoms with Crippen LogP contribution in [0.2, 0.25) is 0 Å². The number of anilines is 1. The Morgan fingerprint density at radius 3 is 2.47 bits per heavy atom. The average molecular weight is 412 g/mol. The van der Waals surface area contributed by atoms with Gasteiger partial charge in [-0.1, -0.05) is 23.8 Å². The van der Waals surface area contributed by atoms with Gasteiger partial charge in [0.05, 0.1) is 12.1 Å². The fourth-order valence-electron chi connectivity index (χ4n) is 2.64. The van der Waals surface area contributed by atoms with E-state index in [2.05, 4.69) is 20.6 Å². The van der Waals surface area contributed by atoms with E-state index in [-0.39, 0.29) is 18.2 Å². The third-order valence-corrected chi connectivity index (χ3v) is 4.13. The molecule has 1 aromatic heterocycles. The SMILES string of the molecule is Cc1cccc(C(=O)NC(=NCc2ccncc2)Nc2cccc(C(F)(F)F)c2)c1. The lowest BCUT2D eigenvalue weighted by Gasteiger charge is -2.14. The molecule has 2 N–H and O–H groups in total. The molecule has 0 saturated carbocycles. The number of hydrogen-bond donors (Lipinski definition) is 2. The number of aliphatic imine (C=N–C) groups is 1. The zero-order chi connectivity index (χ0) is 21.6. The summed E-state index contributed by atoms with van der Waals surface area (Å²) in [5, 5.41) is 5.42. The smallest absolute Gasteiger partial charge is 0.326 e. The molecule has 0 bridgehead atoms. The second kappa shape index (κ2) is 9.21. The van der Waals surface area contributed by atoms with Crippen LogP contribution in [0.3, 0.4) is 0 Å². The van der Waals surface area contributed by atoms with E-state index in [1.165, 1.54) is 12.1 Å². The molecule has 2 aromatic carbocycles. The highest BCUT2D eigenvalue weighted by Gasteiger charge is 2.30. The van der Waals surface area contributed by atoms with E-state index >= 15 is 0 Å². The van der Waals surface area contributed by atoms with E-state index in [4.69, 9.17) is 0 Å². The van der Waals surface area contributed by atoms with Crippen LogP contribution in [0.25, 0.3) is 0 Å². The summed E-state index contributed by atoms with van der Waals surface area (Å²) < 4.78 is 39.0. The number of rotatable bonds is 4. The molecule has 8 heteroatoms. The molecule has 0 unspecified atom stereocenters. The third-order valence-electron chi connectivity index (χ3n) is 4.13. The Kier molecular flexibility index (Phi) is 6.46. The van der Waals surface area contributed by atoms with Gasteiger partial charge in [0, 0.05) is 23.6 Å². The molecule has 0 aliphatic heterocycles. The van der Waals surface area contributed by atoms with Crippen LogP contribution < -0.4 is 10.6 Å². The second-order valence-corrected chi connectivity index (χ2v) is 6.55. The van der Waals surface area contributed by atoms with Crippen molar-refractivity contribution in [3.63, 3.8) is 0 Å². The van der Waals surface area contributed by atoms with Gasteiger partial charge in [0.1, 0.15) is 0 Å². The van der Waals surface area contributed by atoms with Gasteiger partial charge in [0.25, 0.3) is 5.91 Å². The summed E-state index contributed by atoms with van der Waals surface area (Å²) in [5.74, 6) is -0.385. The van der Waals surface area contributed by atoms with Crippen molar-refractivity contribution in [1.29, 1.82) is 0 Å². The van der Waals surface area contributed by atoms with Crippen molar-refractivity contribution in [1.82, 2.24) is 10.3 Å². The predicted octanol–water partition coefficient (Wildman–Crippen LogP) is 4.81. The summed E-state index contributed by atoms with van der Waals surface area (Å²) in [4.78, 5) is 20.9. The lowest BCUT2D eigenvalue weighted by atomic mass is 10.1. The van der Waals surface area contributed by atoms with Crippen LogP contribution in [0.4, 0.5) is 18.9 Å². The average Bonchev–Trinajstić information content (AvgIpc) is 2.72. The summed E-state index contributed by atoms with van der Waals surface area (Å²) in [6, 6.07) is 15.2. The van der Waals surface area contributed by atoms with E-state index in [9.17, 15) is 18.0 Å². The summed E-state index contributed by atoms with van der Waals surface area (Å²) in [7, 11) is 0. The number of aryl methyl sites for hydroxylation is 1. The zero-order valence-corrected chi connectivity index (χ0v) is 16.1. The first-order valence-electron chi connectivity index (χ1n) is 9.07. The first-order valence-corrected chi connectivity index (χ1v) is 9.07. The number of carbonyl (C=O) groups excluding carboxylic acids is 1. The van der Waals surface area contributed by atoms with Crippen molar-refractivity contribution < 1.29 is 18.0 Å². The van der Waals surface area contributed by atoms with Gasteiger partial charge in [-0.15, -0.1) is 0 Å². The van der Waals surface area contributed by atoms with Gasteiger partial charge >= 0.3 is 6.18 Å². The Morgan fingerprint density at radius 1 is 1.03 bits per heavy atom. The van der Waals surface area contributed by atoms with Crippen molar-refractivity contribution in [2.24, 2.45) is 4.99 Å². The van der Waals surface area contributed by atoms with Crippen LogP contribution in [-0.4, -0.2) is 16.9 Å². The molecule has 3 rings (SSSR count). The molecule has 0 aliphatic carbocycles. The number of guanidine groups is 1. The quantitative estimate of drug-likeness (QED) is 0.478. The Hall–Kier alpha value is -3.68. The number of halogens is 3. The van der Waals surface area contributed by atoms with Gasteiger partial charge < -0.3 is 5.32 Å². The Bertz CT molecular complexity index is 1050. The second-order valence-electron chi connectivity index (χ2n) is 6.55. The van der Waals surface area contributed by atoms with E-state index < -0.39 is 17.6 Å². The Labute approximate surface area is 171 Å². The van der Waals surface area contributed by atoms with Crippen molar-refractivity contribution in [2.45, 2.75) is 19.6 Å². The van der Waals surface area contributed by atoms with Crippen LogP contribution in [-0.2, 0) is 12.7 Å². The minimum Gasteiger partial charge on any atom is -0.326 e. The van der Waals surface area contributed by atoms with Crippen molar-refractivity contribution in [3.05, 3.63) is 95.3 Å². The van der Waals surface area contributed by atoms with E-state index in [1.807, 2.05) is 13.0 Å². The predicted molar refractivity (Wildman–Crippen MR) is 109 cm³/mol. The molecule has 0 spiro atoms. The number of aromatic nitrogens is 1. The molecule has 0 radical (unpaired) electrons. The van der Waals surface area contributed by atoms with Crippen molar-refractivity contribution in [2.75, 3.05) is 5.32 Å². The fourth-order valence-corrected chi connectivity index (χ4v) is 2.64. The molecule has 1 heterocycles. The third kappa shape index (κ3) is 5.91. The molecule has 30 heavy (non-hydrogen) atoms. The summed E-state index contributed by atoms with van der Waals surface area (Å²) >= 11 is 0. The normalized spacial score (nSPS) is 11.8. The van der Waals surface area contributed by atoms with Gasteiger partial charge in [0.2, 0.25) is 5.96 Å². The molecule has 0 fully saturated rings. The standard InChI is InChI=1S/C22H19F3N4O/c1-15-4-2-5-17(12-15)20(30)29-21(27-14-16-8-10-26-11-9-16)28-19-7-3-6-18(13-19)22(23,24)25/h2-13H,14H2,1H3,(H2,27,28,29,30). The van der Waals surface area contributed by atoms with Crippen LogP contribution in [0.1, 0.15) is 27.0 Å². The first kappa shape index (κ1) is 21.0. The van der Waals surface area contributed by atoms with Crippen molar-refractivity contribution >= 4 is 17.6 Å². The molecule has 5 nitrogen and oxygen atoms in total. The van der Waals surface area contributed by atoms with Crippen LogP contribution >= 0.6 is 0 Å². The van der Waals surface area contributed by atoms with Crippen LogP contribution in [0.15, 0.2) is 78.0 Å². The summed E-state index contributed by atoms with van der Waals surface area (Å²) in [5.41, 5.74) is 1.51. The molecule has 154 valence electrons. The largest absolute Gasteiger partial charge is 0.416 e. The molecule has 0 aliphatic rings. The Balaban J connectivity index is 1.85. The van der Waals surface area contributed by atoms with Gasteiger partial charge in [-0.3, -0.25) is 15.1 Å². The minimum absolute atomic E-state index is 0.0395. The molecule has 1 amide bonds. The molecular weight excluding hydrogens is 393 g/mol. The van der Waals surface area contributed by atoms with Gasteiger partial charge in [-0.05, 0) is 55.0 Å². The number of pyridine rings is 1. The molecule has 0 saturated heterocycles. The van der Waals surface area contributed by atoms with E-state index in [1.54, 1.807) is 42.7 Å². The topological polar surface area (TPSA) is 66.4 Å². The molecular formula is C22H19F3N4O. The van der Waals surface area contributed by atoms with Crippen LogP contribution in [0, 0.1) is 6.92 Å². The highest BCUT2D eigenvalue weighted by molar-refractivity contribution is 6.10. The van der Waals surface area contributed by atoms with Gasteiger partial charge in [-0.25, -0.2) is 4.99 Å². The lowest BCUT2D eigenvalue weighted by molar-refractivity contribution is -0.137. The minimum atomic E-state index is -4.48. The number of nitrogens with zero attached hydrogens (tertiary/aromatic N) is 2. The molecule has 3 aromatic rings. The van der Waals surface area contributed by atoms with E-state index in [0.29, 0.717) is 5.56 Å². The summed E-state index contributed by atoms with van der Waals surface area (Å²) in [6.07, 6.45) is -1.26. The number of alkyl halides is 3. The van der Waals surface area contributed by atoms with E-state index in [0.717, 1.165) is 23.3 Å². The monoisotopic (exact) mass is 412 g/mol. The van der Waals surface area contributed by atoms with Crippen molar-refractivity contribution in [3.8, 4) is 0 Å². The number of carbonyl (C=O) groups is 1. The highest BCUT2D eigenvalue weighted by Crippen LogP contribution is 2.30. The maximum atomic E-state index is 13.0. The van der Waals surface area contributed by atoms with Gasteiger partial charge in [0.15, 0.2) is 0 Å². The number of amides is 1. The zero-order valence-electron chi connectivity index (χ0n) is 16.1. The number of hydrogen-bond acceptors (Lipinski definition) is 3. The molecule has 0 atom stereocenters. The maximum absolute atomic E-state index is 13.0.